The van der Waals surface area contributed by atoms with Crippen molar-refractivity contribution in [3.8, 4) is 0 Å². The van der Waals surface area contributed by atoms with Crippen molar-refractivity contribution >= 4 is 30.7 Å². The smallest absolute Gasteiger partial charge is 0.251 e. The highest BCUT2D eigenvalue weighted by Crippen LogP contribution is 2.23. The number of carbonyl (C=O) groups excluding carboxylic acids is 1. The fourth-order valence-electron chi connectivity index (χ4n) is 2.84. The van der Waals surface area contributed by atoms with Crippen LogP contribution in [0.25, 0.3) is 0 Å². The molecule has 0 aliphatic carbocycles. The summed E-state index contributed by atoms with van der Waals surface area (Å²) < 4.78 is 5.69. The molecule has 2 aliphatic heterocycles. The van der Waals surface area contributed by atoms with E-state index < -0.39 is 0 Å². The summed E-state index contributed by atoms with van der Waals surface area (Å²) in [6, 6.07) is 0.481. The second-order valence-electron chi connectivity index (χ2n) is 5.60. The third kappa shape index (κ3) is 4.74. The minimum atomic E-state index is -0.250. The average Bonchev–Trinajstić information content (AvgIpc) is 2.86. The van der Waals surface area contributed by atoms with Gasteiger partial charge in [-0.3, -0.25) is 4.79 Å². The number of hydrogen-bond acceptors (Lipinski definition) is 4. The van der Waals surface area contributed by atoms with Crippen molar-refractivity contribution < 1.29 is 9.53 Å². The van der Waals surface area contributed by atoms with Crippen molar-refractivity contribution in [3.05, 3.63) is 0 Å². The first kappa shape index (κ1) is 19.9. The van der Waals surface area contributed by atoms with Gasteiger partial charge in [0.2, 0.25) is 0 Å². The quantitative estimate of drug-likeness (QED) is 0.836. The Morgan fingerprint density at radius 3 is 2.55 bits per heavy atom. The maximum atomic E-state index is 12.4. The van der Waals surface area contributed by atoms with Crippen molar-refractivity contribution in [2.75, 3.05) is 33.7 Å². The van der Waals surface area contributed by atoms with Gasteiger partial charge in [-0.2, -0.15) is 0 Å². The summed E-state index contributed by atoms with van der Waals surface area (Å²) in [5.41, 5.74) is 5.58. The van der Waals surface area contributed by atoms with Gasteiger partial charge in [-0.1, -0.05) is 0 Å². The Hall–Kier alpha value is -0.0700. The summed E-state index contributed by atoms with van der Waals surface area (Å²) in [5.74, 6) is 0.164. The van der Waals surface area contributed by atoms with E-state index in [1.807, 2.05) is 4.90 Å². The number of carbonyl (C=O) groups is 1. The van der Waals surface area contributed by atoms with E-state index in [-0.39, 0.29) is 42.9 Å². The number of nitrogens with two attached hydrogens (primary N) is 1. The molecule has 0 aromatic heterocycles. The number of nitrogens with zero attached hydrogens (tertiary/aromatic N) is 2. The fraction of sp³-hybridized carbons (Fsp3) is 0.923. The topological polar surface area (TPSA) is 58.8 Å². The zero-order chi connectivity index (χ0) is 13.1. The van der Waals surface area contributed by atoms with Crippen LogP contribution in [0.3, 0.4) is 0 Å². The zero-order valence-corrected chi connectivity index (χ0v) is 13.9. The van der Waals surface area contributed by atoms with Gasteiger partial charge in [0, 0.05) is 25.7 Å². The molecule has 0 aromatic carbocycles. The van der Waals surface area contributed by atoms with Crippen LogP contribution >= 0.6 is 24.8 Å². The summed E-state index contributed by atoms with van der Waals surface area (Å²) in [7, 11) is 4.16. The molecule has 20 heavy (non-hydrogen) atoms. The second kappa shape index (κ2) is 9.05. The largest absolute Gasteiger partial charge is 0.364 e. The Morgan fingerprint density at radius 1 is 1.30 bits per heavy atom. The molecule has 7 heteroatoms. The summed E-state index contributed by atoms with van der Waals surface area (Å²) in [5, 5.41) is 0. The molecule has 0 aromatic rings. The number of likely N-dealkylation sites (tertiary alicyclic amines) is 1. The Labute approximate surface area is 134 Å². The van der Waals surface area contributed by atoms with Crippen molar-refractivity contribution in [2.45, 2.75) is 43.9 Å². The van der Waals surface area contributed by atoms with Gasteiger partial charge in [0.05, 0.1) is 6.10 Å². The minimum Gasteiger partial charge on any atom is -0.364 e. The Balaban J connectivity index is 0.00000180. The lowest BCUT2D eigenvalue weighted by atomic mass is 10.0. The molecule has 120 valence electrons. The van der Waals surface area contributed by atoms with Gasteiger partial charge in [-0.15, -0.1) is 24.8 Å². The van der Waals surface area contributed by atoms with Crippen LogP contribution in [0, 0.1) is 0 Å². The summed E-state index contributed by atoms with van der Waals surface area (Å²) in [6.45, 7) is 2.22. The average molecular weight is 328 g/mol. The highest BCUT2D eigenvalue weighted by Gasteiger charge is 2.34. The minimum absolute atomic E-state index is 0. The molecule has 2 saturated heterocycles. The highest BCUT2D eigenvalue weighted by molar-refractivity contribution is 5.85. The monoisotopic (exact) mass is 327 g/mol. The Morgan fingerprint density at radius 2 is 2.00 bits per heavy atom. The van der Waals surface area contributed by atoms with E-state index in [1.165, 1.54) is 6.42 Å². The van der Waals surface area contributed by atoms with Crippen LogP contribution in [0.15, 0.2) is 0 Å². The molecular weight excluding hydrogens is 301 g/mol. The van der Waals surface area contributed by atoms with E-state index in [0.717, 1.165) is 32.4 Å². The summed E-state index contributed by atoms with van der Waals surface area (Å²) in [4.78, 5) is 16.5. The normalized spacial score (nSPS) is 29.8. The second-order valence-corrected chi connectivity index (χ2v) is 5.60. The van der Waals surface area contributed by atoms with Crippen LogP contribution in [-0.4, -0.2) is 67.7 Å². The first-order valence-electron chi connectivity index (χ1n) is 6.92. The lowest BCUT2D eigenvalue weighted by Crippen LogP contribution is -2.50. The standard InChI is InChI=1S/C13H25N3O2.2ClH/c1-15(2)10-4-3-7-16(9-10)13(17)12-6-5-11(8-14)18-12;;/h10-12H,3-9,14H2,1-2H3;2*1H/t10?,11-,12+;;/m1../s1. The van der Waals surface area contributed by atoms with E-state index in [2.05, 4.69) is 19.0 Å². The van der Waals surface area contributed by atoms with Crippen molar-refractivity contribution in [1.29, 1.82) is 0 Å². The van der Waals surface area contributed by atoms with Crippen LogP contribution in [0.1, 0.15) is 25.7 Å². The lowest BCUT2D eigenvalue weighted by molar-refractivity contribution is -0.144. The van der Waals surface area contributed by atoms with Crippen LogP contribution in [0.5, 0.6) is 0 Å². The number of amides is 1. The molecule has 0 radical (unpaired) electrons. The number of rotatable bonds is 3. The van der Waals surface area contributed by atoms with Gasteiger partial charge in [-0.05, 0) is 39.8 Å². The molecule has 1 unspecified atom stereocenters. The van der Waals surface area contributed by atoms with Gasteiger partial charge >= 0.3 is 0 Å². The first-order chi connectivity index (χ1) is 8.61. The molecule has 0 saturated carbocycles. The Kier molecular flexibility index (Phi) is 9.02. The molecule has 2 aliphatic rings. The molecule has 0 bridgehead atoms. The molecule has 1 amide bonds. The molecule has 5 nitrogen and oxygen atoms in total. The third-order valence-corrected chi connectivity index (χ3v) is 4.08. The van der Waals surface area contributed by atoms with Crippen molar-refractivity contribution in [2.24, 2.45) is 5.73 Å². The molecule has 0 spiro atoms. The fourth-order valence-corrected chi connectivity index (χ4v) is 2.84. The number of ether oxygens (including phenoxy) is 1. The van der Waals surface area contributed by atoms with E-state index in [1.54, 1.807) is 0 Å². The SMILES string of the molecule is CN(C)C1CCCN(C(=O)[C@@H]2CC[C@H](CN)O2)C1.Cl.Cl. The van der Waals surface area contributed by atoms with Crippen LogP contribution < -0.4 is 5.73 Å². The van der Waals surface area contributed by atoms with E-state index in [0.29, 0.717) is 12.6 Å². The predicted molar refractivity (Wildman–Crippen MR) is 84.7 cm³/mol. The maximum Gasteiger partial charge on any atom is 0.251 e. The molecule has 2 fully saturated rings. The van der Waals surface area contributed by atoms with Gasteiger partial charge in [0.15, 0.2) is 0 Å². The van der Waals surface area contributed by atoms with Gasteiger partial charge in [0.1, 0.15) is 6.10 Å². The molecule has 2 rings (SSSR count). The molecular formula is C13H27Cl2N3O2. The number of piperidine rings is 1. The highest BCUT2D eigenvalue weighted by atomic mass is 35.5. The molecule has 2 N–H and O–H groups in total. The van der Waals surface area contributed by atoms with Crippen LogP contribution in [0.2, 0.25) is 0 Å². The lowest BCUT2D eigenvalue weighted by Gasteiger charge is -2.37. The predicted octanol–water partition coefficient (Wildman–Crippen LogP) is 0.889. The number of likely N-dealkylation sites (N-methyl/N-ethyl adjacent to an activating group) is 1. The molecule has 2 heterocycles. The maximum absolute atomic E-state index is 12.4. The van der Waals surface area contributed by atoms with E-state index >= 15 is 0 Å². The zero-order valence-electron chi connectivity index (χ0n) is 12.3. The van der Waals surface area contributed by atoms with E-state index in [4.69, 9.17) is 10.5 Å². The van der Waals surface area contributed by atoms with Gasteiger partial charge in [-0.25, -0.2) is 0 Å². The van der Waals surface area contributed by atoms with Crippen LogP contribution in [0.4, 0.5) is 0 Å². The Bertz CT molecular complexity index is 305. The van der Waals surface area contributed by atoms with Crippen molar-refractivity contribution in [3.63, 3.8) is 0 Å². The van der Waals surface area contributed by atoms with Crippen LogP contribution in [-0.2, 0) is 9.53 Å². The third-order valence-electron chi connectivity index (χ3n) is 4.08. The molecule has 3 atom stereocenters. The number of hydrogen-bond donors (Lipinski definition) is 1. The van der Waals surface area contributed by atoms with Crippen molar-refractivity contribution in [1.82, 2.24) is 9.80 Å². The number of halogens is 2. The summed E-state index contributed by atoms with van der Waals surface area (Å²) in [6.07, 6.45) is 3.82. The van der Waals surface area contributed by atoms with E-state index in [9.17, 15) is 4.79 Å². The van der Waals surface area contributed by atoms with Gasteiger partial charge < -0.3 is 20.3 Å². The van der Waals surface area contributed by atoms with Gasteiger partial charge in [0.25, 0.3) is 5.91 Å². The summed E-state index contributed by atoms with van der Waals surface area (Å²) >= 11 is 0. The first-order valence-corrected chi connectivity index (χ1v) is 6.92.